The summed E-state index contributed by atoms with van der Waals surface area (Å²) in [5.41, 5.74) is 2.13. The fourth-order valence-corrected chi connectivity index (χ4v) is 2.98. The van der Waals surface area contributed by atoms with Crippen LogP contribution in [0.4, 0.5) is 0 Å². The highest BCUT2D eigenvalue weighted by Crippen LogP contribution is 2.13. The van der Waals surface area contributed by atoms with Crippen molar-refractivity contribution >= 4 is 11.8 Å². The van der Waals surface area contributed by atoms with Gasteiger partial charge in [0.1, 0.15) is 6.04 Å². The fourth-order valence-electron chi connectivity index (χ4n) is 2.98. The van der Waals surface area contributed by atoms with Gasteiger partial charge < -0.3 is 15.0 Å². The van der Waals surface area contributed by atoms with Crippen molar-refractivity contribution in [2.75, 3.05) is 20.3 Å². The van der Waals surface area contributed by atoms with E-state index < -0.39 is 6.04 Å². The van der Waals surface area contributed by atoms with Gasteiger partial charge in [-0.05, 0) is 30.9 Å². The number of methoxy groups -OCH3 is 1. The molecule has 0 heterocycles. The first kappa shape index (κ1) is 21.6. The average molecular weight is 383 g/mol. The van der Waals surface area contributed by atoms with Gasteiger partial charge in [0, 0.05) is 33.2 Å². The molecule has 0 fully saturated rings. The molecule has 2 aromatic rings. The van der Waals surface area contributed by atoms with Crippen LogP contribution in [0.5, 0.6) is 0 Å². The van der Waals surface area contributed by atoms with Crippen molar-refractivity contribution in [1.82, 2.24) is 10.2 Å². The third kappa shape index (κ3) is 7.16. The zero-order valence-electron chi connectivity index (χ0n) is 16.8. The van der Waals surface area contributed by atoms with Gasteiger partial charge in [-0.15, -0.1) is 0 Å². The van der Waals surface area contributed by atoms with Crippen molar-refractivity contribution in [3.05, 3.63) is 71.8 Å². The lowest BCUT2D eigenvalue weighted by molar-refractivity contribution is -0.140. The number of rotatable bonds is 11. The second-order valence-corrected chi connectivity index (χ2v) is 6.81. The first-order chi connectivity index (χ1) is 13.6. The van der Waals surface area contributed by atoms with Crippen molar-refractivity contribution in [2.24, 2.45) is 0 Å². The van der Waals surface area contributed by atoms with Crippen LogP contribution < -0.4 is 5.32 Å². The van der Waals surface area contributed by atoms with Crippen LogP contribution in [0, 0.1) is 0 Å². The second-order valence-electron chi connectivity index (χ2n) is 6.81. The number of carbonyl (C=O) groups is 2. The molecule has 28 heavy (non-hydrogen) atoms. The zero-order valence-corrected chi connectivity index (χ0v) is 16.8. The normalized spacial score (nSPS) is 11.6. The molecule has 0 aliphatic heterocycles. The minimum atomic E-state index is -0.536. The largest absolute Gasteiger partial charge is 0.385 e. The summed E-state index contributed by atoms with van der Waals surface area (Å²) in [6, 6.07) is 19.2. The average Bonchev–Trinajstić information content (AvgIpc) is 2.74. The maximum absolute atomic E-state index is 13.0. The highest BCUT2D eigenvalue weighted by molar-refractivity contribution is 5.87. The highest BCUT2D eigenvalue weighted by atomic mass is 16.5. The molecule has 0 aliphatic rings. The number of carbonyl (C=O) groups excluding carboxylic acids is 2. The topological polar surface area (TPSA) is 58.6 Å². The molecule has 0 spiro atoms. The van der Waals surface area contributed by atoms with Gasteiger partial charge in [0.15, 0.2) is 0 Å². The summed E-state index contributed by atoms with van der Waals surface area (Å²) >= 11 is 0. The van der Waals surface area contributed by atoms with E-state index >= 15 is 0 Å². The standard InChI is InChI=1S/C23H30N2O3/c1-19(23(27)24-16-9-17-28-2)25(18-21-12-7-4-8-13-21)22(26)15-14-20-10-5-3-6-11-20/h3-8,10-13,19H,9,14-18H2,1-2H3,(H,24,27)/t19-/m1/s1. The maximum Gasteiger partial charge on any atom is 0.242 e. The van der Waals surface area contributed by atoms with Crippen LogP contribution in [0.15, 0.2) is 60.7 Å². The quantitative estimate of drug-likeness (QED) is 0.607. The predicted octanol–water partition coefficient (Wildman–Crippen LogP) is 3.19. The van der Waals surface area contributed by atoms with Crippen LogP contribution in [0.1, 0.15) is 30.9 Å². The van der Waals surface area contributed by atoms with Gasteiger partial charge in [0.05, 0.1) is 0 Å². The molecule has 0 bridgehead atoms. The van der Waals surface area contributed by atoms with E-state index in [4.69, 9.17) is 4.74 Å². The molecule has 0 radical (unpaired) electrons. The van der Waals surface area contributed by atoms with E-state index in [0.717, 1.165) is 17.5 Å². The Kier molecular flexibility index (Phi) is 9.22. The molecule has 2 aromatic carbocycles. The van der Waals surface area contributed by atoms with Crippen molar-refractivity contribution < 1.29 is 14.3 Å². The van der Waals surface area contributed by atoms with E-state index in [0.29, 0.717) is 32.5 Å². The molecule has 1 atom stereocenters. The molecule has 0 saturated carbocycles. The minimum absolute atomic E-state index is 0.0211. The summed E-state index contributed by atoms with van der Waals surface area (Å²) in [5.74, 6) is -0.160. The van der Waals surface area contributed by atoms with Gasteiger partial charge >= 0.3 is 0 Å². The van der Waals surface area contributed by atoms with Gasteiger partial charge in [0.25, 0.3) is 0 Å². The third-order valence-electron chi connectivity index (χ3n) is 4.66. The fraction of sp³-hybridized carbons (Fsp3) is 0.391. The van der Waals surface area contributed by atoms with Crippen molar-refractivity contribution in [1.29, 1.82) is 0 Å². The molecule has 0 aliphatic carbocycles. The van der Waals surface area contributed by atoms with Crippen LogP contribution in [0.25, 0.3) is 0 Å². The number of nitrogens with zero attached hydrogens (tertiary/aromatic N) is 1. The van der Waals surface area contributed by atoms with Gasteiger partial charge in [-0.3, -0.25) is 9.59 Å². The zero-order chi connectivity index (χ0) is 20.2. The van der Waals surface area contributed by atoms with Crippen LogP contribution in [0.3, 0.4) is 0 Å². The van der Waals surface area contributed by atoms with E-state index in [-0.39, 0.29) is 11.8 Å². The summed E-state index contributed by atoms with van der Waals surface area (Å²) in [5, 5.41) is 2.90. The van der Waals surface area contributed by atoms with E-state index in [9.17, 15) is 9.59 Å². The number of benzene rings is 2. The van der Waals surface area contributed by atoms with Crippen molar-refractivity contribution in [3.8, 4) is 0 Å². The molecule has 150 valence electrons. The molecule has 2 amide bonds. The molecule has 0 saturated heterocycles. The summed E-state index contributed by atoms with van der Waals surface area (Å²) in [6.45, 7) is 3.34. The predicted molar refractivity (Wildman–Crippen MR) is 111 cm³/mol. The smallest absolute Gasteiger partial charge is 0.242 e. The second kappa shape index (κ2) is 11.9. The molecular weight excluding hydrogens is 352 g/mol. The van der Waals surface area contributed by atoms with Crippen LogP contribution in [-0.4, -0.2) is 43.0 Å². The highest BCUT2D eigenvalue weighted by Gasteiger charge is 2.25. The van der Waals surface area contributed by atoms with Crippen molar-refractivity contribution in [2.45, 2.75) is 38.8 Å². The number of amides is 2. The SMILES string of the molecule is COCCCNC(=O)[C@@H](C)N(Cc1ccccc1)C(=O)CCc1ccccc1. The Morgan fingerprint density at radius 3 is 2.21 bits per heavy atom. The number of hydrogen-bond donors (Lipinski definition) is 1. The van der Waals surface area contributed by atoms with E-state index in [1.54, 1.807) is 18.9 Å². The molecule has 5 nitrogen and oxygen atoms in total. The van der Waals surface area contributed by atoms with Gasteiger partial charge in [-0.2, -0.15) is 0 Å². The first-order valence-corrected chi connectivity index (χ1v) is 9.75. The Morgan fingerprint density at radius 2 is 1.61 bits per heavy atom. The summed E-state index contributed by atoms with van der Waals surface area (Å²) in [4.78, 5) is 27.2. The lowest BCUT2D eigenvalue weighted by Crippen LogP contribution is -2.48. The number of nitrogens with one attached hydrogen (secondary N) is 1. The van der Waals surface area contributed by atoms with E-state index in [1.165, 1.54) is 0 Å². The monoisotopic (exact) mass is 382 g/mol. The number of hydrogen-bond acceptors (Lipinski definition) is 3. The number of ether oxygens (including phenoxy) is 1. The Balaban J connectivity index is 2.02. The lowest BCUT2D eigenvalue weighted by atomic mass is 10.1. The summed E-state index contributed by atoms with van der Waals surface area (Å²) in [6.07, 6.45) is 1.78. The molecule has 5 heteroatoms. The van der Waals surface area contributed by atoms with E-state index in [1.807, 2.05) is 60.7 Å². The third-order valence-corrected chi connectivity index (χ3v) is 4.66. The van der Waals surface area contributed by atoms with Crippen LogP contribution in [-0.2, 0) is 27.3 Å². The lowest BCUT2D eigenvalue weighted by Gasteiger charge is -2.29. The Morgan fingerprint density at radius 1 is 1.00 bits per heavy atom. The van der Waals surface area contributed by atoms with Crippen molar-refractivity contribution in [3.63, 3.8) is 0 Å². The Labute approximate surface area is 167 Å². The van der Waals surface area contributed by atoms with Gasteiger partial charge in [-0.25, -0.2) is 0 Å². The molecule has 0 aromatic heterocycles. The van der Waals surface area contributed by atoms with Gasteiger partial charge in [-0.1, -0.05) is 60.7 Å². The Hall–Kier alpha value is -2.66. The molecule has 1 N–H and O–H groups in total. The first-order valence-electron chi connectivity index (χ1n) is 9.75. The molecule has 0 unspecified atom stereocenters. The summed E-state index contributed by atoms with van der Waals surface area (Å²) in [7, 11) is 1.64. The molecule has 2 rings (SSSR count). The molecular formula is C23H30N2O3. The summed E-state index contributed by atoms with van der Waals surface area (Å²) < 4.78 is 5.01. The minimum Gasteiger partial charge on any atom is -0.385 e. The Bertz CT molecular complexity index is 719. The van der Waals surface area contributed by atoms with Crippen LogP contribution >= 0.6 is 0 Å². The van der Waals surface area contributed by atoms with E-state index in [2.05, 4.69) is 5.32 Å². The van der Waals surface area contributed by atoms with Crippen LogP contribution in [0.2, 0.25) is 0 Å². The van der Waals surface area contributed by atoms with Gasteiger partial charge in [0.2, 0.25) is 11.8 Å². The maximum atomic E-state index is 13.0. The number of aryl methyl sites for hydroxylation is 1.